The second kappa shape index (κ2) is 5.00. The molecule has 1 aliphatic carbocycles. The van der Waals surface area contributed by atoms with E-state index >= 15 is 0 Å². The molecule has 0 atom stereocenters. The first kappa shape index (κ1) is 14.1. The van der Waals surface area contributed by atoms with Gasteiger partial charge in [-0.15, -0.1) is 0 Å². The van der Waals surface area contributed by atoms with Gasteiger partial charge < -0.3 is 9.84 Å². The fraction of sp³-hybridized carbons (Fsp3) is 0.500. The summed E-state index contributed by atoms with van der Waals surface area (Å²) in [6.07, 6.45) is 2.59. The van der Waals surface area contributed by atoms with Crippen molar-refractivity contribution >= 4 is 17.6 Å². The average molecular weight is 287 g/mol. The molecule has 1 aromatic carbocycles. The minimum absolute atomic E-state index is 0.119. The number of hydrogen-bond acceptors (Lipinski definition) is 2. The van der Waals surface area contributed by atoms with Crippen LogP contribution in [0.3, 0.4) is 0 Å². The fourth-order valence-electron chi connectivity index (χ4n) is 3.02. The number of carboxylic acid groups (broad SMARTS) is 1. The van der Waals surface area contributed by atoms with Gasteiger partial charge in [-0.1, -0.05) is 24.4 Å². The van der Waals surface area contributed by atoms with E-state index < -0.39 is 17.2 Å². The number of rotatable bonds is 3. The van der Waals surface area contributed by atoms with Gasteiger partial charge in [0.1, 0.15) is 11.6 Å². The Labute approximate surface area is 116 Å². The third kappa shape index (κ3) is 2.08. The molecule has 0 unspecified atom stereocenters. The molecule has 19 heavy (non-hydrogen) atoms. The predicted molar refractivity (Wildman–Crippen MR) is 70.5 cm³/mol. The first-order valence-electron chi connectivity index (χ1n) is 6.20. The Morgan fingerprint density at radius 2 is 2.05 bits per heavy atom. The summed E-state index contributed by atoms with van der Waals surface area (Å²) in [5.41, 5.74) is -0.378. The predicted octanol–water partition coefficient (Wildman–Crippen LogP) is 3.69. The number of methoxy groups -OCH3 is 1. The number of halogens is 2. The molecule has 0 spiro atoms. The number of carboxylic acids is 1. The third-order valence-corrected chi connectivity index (χ3v) is 4.26. The summed E-state index contributed by atoms with van der Waals surface area (Å²) in [5.74, 6) is -1.15. The molecule has 0 radical (unpaired) electrons. The second-order valence-electron chi connectivity index (χ2n) is 4.97. The van der Waals surface area contributed by atoms with Gasteiger partial charge in [0.25, 0.3) is 0 Å². The highest BCUT2D eigenvalue weighted by Crippen LogP contribution is 2.49. The summed E-state index contributed by atoms with van der Waals surface area (Å²) in [6.45, 7) is 1.58. The normalized spacial score (nSPS) is 17.5. The molecule has 1 fully saturated rings. The standard InChI is InChI=1S/C14H16ClFO3/c1-8-10(16)7-9(15)12(19-2)11(8)14(13(17)18)5-3-4-6-14/h7H,3-6H2,1-2H3,(H,17,18). The van der Waals surface area contributed by atoms with E-state index in [0.29, 0.717) is 24.0 Å². The quantitative estimate of drug-likeness (QED) is 0.922. The maximum Gasteiger partial charge on any atom is 0.314 e. The van der Waals surface area contributed by atoms with Crippen LogP contribution in [0.25, 0.3) is 0 Å². The Bertz CT molecular complexity index is 522. The van der Waals surface area contributed by atoms with Crippen LogP contribution < -0.4 is 4.74 Å². The Hall–Kier alpha value is -1.29. The van der Waals surface area contributed by atoms with E-state index in [1.54, 1.807) is 6.92 Å². The van der Waals surface area contributed by atoms with Crippen molar-refractivity contribution in [3.8, 4) is 5.75 Å². The van der Waals surface area contributed by atoms with E-state index in [1.807, 2.05) is 0 Å². The zero-order chi connectivity index (χ0) is 14.2. The number of carbonyl (C=O) groups is 1. The zero-order valence-electron chi connectivity index (χ0n) is 10.9. The van der Waals surface area contributed by atoms with E-state index in [9.17, 15) is 14.3 Å². The van der Waals surface area contributed by atoms with Crippen molar-refractivity contribution in [3.63, 3.8) is 0 Å². The molecule has 104 valence electrons. The lowest BCUT2D eigenvalue weighted by Crippen LogP contribution is -2.34. The monoisotopic (exact) mass is 286 g/mol. The number of ether oxygens (including phenoxy) is 1. The van der Waals surface area contributed by atoms with Gasteiger partial charge >= 0.3 is 5.97 Å². The molecule has 3 nitrogen and oxygen atoms in total. The van der Waals surface area contributed by atoms with E-state index in [1.165, 1.54) is 13.2 Å². The van der Waals surface area contributed by atoms with E-state index in [0.717, 1.165) is 12.8 Å². The SMILES string of the molecule is COc1c(Cl)cc(F)c(C)c1C1(C(=O)O)CCCC1. The lowest BCUT2D eigenvalue weighted by Gasteiger charge is -2.28. The molecule has 0 aliphatic heterocycles. The van der Waals surface area contributed by atoms with Crippen molar-refractivity contribution in [2.45, 2.75) is 38.0 Å². The van der Waals surface area contributed by atoms with Crippen LogP contribution in [0.1, 0.15) is 36.8 Å². The van der Waals surface area contributed by atoms with Crippen LogP contribution in [0.5, 0.6) is 5.75 Å². The van der Waals surface area contributed by atoms with Crippen molar-refractivity contribution in [1.29, 1.82) is 0 Å². The van der Waals surface area contributed by atoms with Crippen LogP contribution >= 0.6 is 11.6 Å². The van der Waals surface area contributed by atoms with E-state index in [-0.39, 0.29) is 10.8 Å². The third-order valence-electron chi connectivity index (χ3n) is 3.98. The van der Waals surface area contributed by atoms with Crippen LogP contribution in [-0.4, -0.2) is 18.2 Å². The fourth-order valence-corrected chi connectivity index (χ4v) is 3.29. The van der Waals surface area contributed by atoms with E-state index in [2.05, 4.69) is 0 Å². The van der Waals surface area contributed by atoms with Crippen LogP contribution in [0, 0.1) is 12.7 Å². The zero-order valence-corrected chi connectivity index (χ0v) is 11.7. The number of benzene rings is 1. The maximum absolute atomic E-state index is 13.9. The van der Waals surface area contributed by atoms with Crippen LogP contribution in [-0.2, 0) is 10.2 Å². The number of aliphatic carboxylic acids is 1. The van der Waals surface area contributed by atoms with Gasteiger partial charge in [-0.25, -0.2) is 4.39 Å². The molecular formula is C14H16ClFO3. The maximum atomic E-state index is 13.9. The molecule has 1 N–H and O–H groups in total. The van der Waals surface area contributed by atoms with Crippen LogP contribution in [0.15, 0.2) is 6.07 Å². The summed E-state index contributed by atoms with van der Waals surface area (Å²) in [6, 6.07) is 1.17. The van der Waals surface area contributed by atoms with E-state index in [4.69, 9.17) is 16.3 Å². The number of hydrogen-bond donors (Lipinski definition) is 1. The van der Waals surface area contributed by atoms with Crippen molar-refractivity contribution < 1.29 is 19.0 Å². The Kier molecular flexibility index (Phi) is 3.72. The lowest BCUT2D eigenvalue weighted by atomic mass is 9.76. The molecule has 1 aliphatic rings. The molecule has 2 rings (SSSR count). The minimum atomic E-state index is -1.08. The van der Waals surface area contributed by atoms with Crippen molar-refractivity contribution in [3.05, 3.63) is 28.0 Å². The molecule has 0 aromatic heterocycles. The molecule has 0 bridgehead atoms. The van der Waals surface area contributed by atoms with Crippen LogP contribution in [0.4, 0.5) is 4.39 Å². The lowest BCUT2D eigenvalue weighted by molar-refractivity contribution is -0.143. The minimum Gasteiger partial charge on any atom is -0.495 e. The van der Waals surface area contributed by atoms with Gasteiger partial charge in [0.2, 0.25) is 0 Å². The summed E-state index contributed by atoms with van der Waals surface area (Å²) in [4.78, 5) is 11.7. The second-order valence-corrected chi connectivity index (χ2v) is 5.38. The van der Waals surface area contributed by atoms with Gasteiger partial charge in [-0.3, -0.25) is 4.79 Å². The Morgan fingerprint density at radius 3 is 2.53 bits per heavy atom. The summed E-state index contributed by atoms with van der Waals surface area (Å²) in [7, 11) is 1.42. The highest BCUT2D eigenvalue weighted by Gasteiger charge is 2.46. The average Bonchev–Trinajstić information content (AvgIpc) is 2.83. The van der Waals surface area contributed by atoms with Gasteiger partial charge in [-0.05, 0) is 31.4 Å². The smallest absolute Gasteiger partial charge is 0.314 e. The summed E-state index contributed by atoms with van der Waals surface area (Å²) in [5, 5.41) is 9.74. The molecule has 1 aromatic rings. The van der Waals surface area contributed by atoms with Crippen molar-refractivity contribution in [1.82, 2.24) is 0 Å². The first-order valence-corrected chi connectivity index (χ1v) is 6.58. The molecule has 0 saturated heterocycles. The summed E-state index contributed by atoms with van der Waals surface area (Å²) >= 11 is 5.99. The van der Waals surface area contributed by atoms with Crippen molar-refractivity contribution in [2.24, 2.45) is 0 Å². The van der Waals surface area contributed by atoms with Gasteiger partial charge in [0.05, 0.1) is 17.5 Å². The molecule has 5 heteroatoms. The highest BCUT2D eigenvalue weighted by atomic mass is 35.5. The molecule has 0 heterocycles. The van der Waals surface area contributed by atoms with Gasteiger partial charge in [-0.2, -0.15) is 0 Å². The van der Waals surface area contributed by atoms with Gasteiger partial charge in [0.15, 0.2) is 0 Å². The molecule has 0 amide bonds. The first-order chi connectivity index (χ1) is 8.94. The topological polar surface area (TPSA) is 46.5 Å². The molecular weight excluding hydrogens is 271 g/mol. The Morgan fingerprint density at radius 1 is 1.47 bits per heavy atom. The summed E-state index contributed by atoms with van der Waals surface area (Å²) < 4.78 is 19.1. The molecule has 1 saturated carbocycles. The van der Waals surface area contributed by atoms with Crippen molar-refractivity contribution in [2.75, 3.05) is 7.11 Å². The highest BCUT2D eigenvalue weighted by molar-refractivity contribution is 6.32. The Balaban J connectivity index is 2.76. The largest absolute Gasteiger partial charge is 0.495 e. The van der Waals surface area contributed by atoms with Gasteiger partial charge in [0, 0.05) is 5.56 Å². The van der Waals surface area contributed by atoms with Crippen LogP contribution in [0.2, 0.25) is 5.02 Å².